The SMILES string of the molecule is O=C(CCS/C=C\c1ccccc1)N1CCCN(Cc2ccco2)CC1. The van der Waals surface area contributed by atoms with Gasteiger partial charge < -0.3 is 9.32 Å². The first-order chi connectivity index (χ1) is 12.8. The summed E-state index contributed by atoms with van der Waals surface area (Å²) in [6, 6.07) is 14.2. The van der Waals surface area contributed by atoms with Crippen LogP contribution in [0.15, 0.2) is 58.6 Å². The van der Waals surface area contributed by atoms with Crippen molar-refractivity contribution < 1.29 is 9.21 Å². The minimum Gasteiger partial charge on any atom is -0.468 e. The Balaban J connectivity index is 1.36. The quantitative estimate of drug-likeness (QED) is 0.688. The molecule has 3 rings (SSSR count). The van der Waals surface area contributed by atoms with Crippen LogP contribution in [0, 0.1) is 0 Å². The number of hydrogen-bond donors (Lipinski definition) is 0. The van der Waals surface area contributed by atoms with E-state index in [-0.39, 0.29) is 5.91 Å². The fourth-order valence-electron chi connectivity index (χ4n) is 3.06. The van der Waals surface area contributed by atoms with Crippen molar-refractivity contribution in [1.29, 1.82) is 0 Å². The van der Waals surface area contributed by atoms with Crippen molar-refractivity contribution in [3.8, 4) is 0 Å². The molecule has 0 unspecified atom stereocenters. The van der Waals surface area contributed by atoms with Gasteiger partial charge in [-0.15, -0.1) is 11.8 Å². The minimum atomic E-state index is 0.269. The predicted molar refractivity (Wildman–Crippen MR) is 108 cm³/mol. The van der Waals surface area contributed by atoms with Gasteiger partial charge in [-0.25, -0.2) is 0 Å². The van der Waals surface area contributed by atoms with Gasteiger partial charge in [-0.05, 0) is 35.6 Å². The second kappa shape index (κ2) is 10.2. The Morgan fingerprint density at radius 1 is 1.08 bits per heavy atom. The van der Waals surface area contributed by atoms with Gasteiger partial charge in [0.2, 0.25) is 5.91 Å². The Morgan fingerprint density at radius 3 is 2.77 bits per heavy atom. The summed E-state index contributed by atoms with van der Waals surface area (Å²) in [4.78, 5) is 16.8. The normalized spacial score (nSPS) is 16.1. The zero-order valence-electron chi connectivity index (χ0n) is 15.0. The monoisotopic (exact) mass is 370 g/mol. The Kier molecular flexibility index (Phi) is 7.40. The molecule has 1 aromatic heterocycles. The first-order valence-corrected chi connectivity index (χ1v) is 10.2. The average molecular weight is 371 g/mol. The maximum atomic E-state index is 12.5. The molecule has 0 bridgehead atoms. The van der Waals surface area contributed by atoms with Gasteiger partial charge in [-0.1, -0.05) is 30.3 Å². The summed E-state index contributed by atoms with van der Waals surface area (Å²) in [6.45, 7) is 4.42. The topological polar surface area (TPSA) is 36.7 Å². The van der Waals surface area contributed by atoms with Crippen molar-refractivity contribution in [1.82, 2.24) is 9.80 Å². The lowest BCUT2D eigenvalue weighted by Crippen LogP contribution is -2.35. The molecule has 0 spiro atoms. The van der Waals surface area contributed by atoms with Crippen molar-refractivity contribution in [3.05, 3.63) is 65.5 Å². The van der Waals surface area contributed by atoms with Gasteiger partial charge in [0.05, 0.1) is 12.8 Å². The summed E-state index contributed by atoms with van der Waals surface area (Å²) in [7, 11) is 0. The summed E-state index contributed by atoms with van der Waals surface area (Å²) in [5.74, 6) is 2.09. The zero-order chi connectivity index (χ0) is 18.0. The molecule has 0 radical (unpaired) electrons. The first kappa shape index (κ1) is 18.8. The molecule has 2 heterocycles. The standard InChI is InChI=1S/C21H26N2O2S/c24-21(10-17-26-16-9-19-6-2-1-3-7-19)23-12-5-11-22(13-14-23)18-20-8-4-15-25-20/h1-4,6-9,15-16H,5,10-14,17-18H2/b16-9-. The third kappa shape index (κ3) is 6.07. The number of hydrogen-bond acceptors (Lipinski definition) is 4. The molecule has 0 saturated carbocycles. The molecule has 0 N–H and O–H groups in total. The van der Waals surface area contributed by atoms with Crippen molar-refractivity contribution in [2.24, 2.45) is 0 Å². The zero-order valence-corrected chi connectivity index (χ0v) is 15.9. The molecule has 1 aromatic carbocycles. The van der Waals surface area contributed by atoms with Crippen LogP contribution in [0.1, 0.15) is 24.2 Å². The minimum absolute atomic E-state index is 0.269. The summed E-state index contributed by atoms with van der Waals surface area (Å²) in [6.07, 6.45) is 5.43. The summed E-state index contributed by atoms with van der Waals surface area (Å²) in [5, 5.41) is 2.08. The highest BCUT2D eigenvalue weighted by Crippen LogP contribution is 2.13. The second-order valence-electron chi connectivity index (χ2n) is 6.42. The molecule has 2 aromatic rings. The van der Waals surface area contributed by atoms with E-state index in [4.69, 9.17) is 4.42 Å². The number of carbonyl (C=O) groups excluding carboxylic acids is 1. The number of thioether (sulfide) groups is 1. The average Bonchev–Trinajstić information content (AvgIpc) is 3.06. The molecular weight excluding hydrogens is 344 g/mol. The van der Waals surface area contributed by atoms with Gasteiger partial charge in [-0.3, -0.25) is 9.69 Å². The Morgan fingerprint density at radius 2 is 1.96 bits per heavy atom. The van der Waals surface area contributed by atoms with E-state index in [0.717, 1.165) is 50.7 Å². The molecule has 1 fully saturated rings. The van der Waals surface area contributed by atoms with Gasteiger partial charge in [0.15, 0.2) is 0 Å². The van der Waals surface area contributed by atoms with Crippen molar-refractivity contribution in [2.45, 2.75) is 19.4 Å². The number of nitrogens with zero attached hydrogens (tertiary/aromatic N) is 2. The number of benzene rings is 1. The van der Waals surface area contributed by atoms with Crippen LogP contribution in [0.25, 0.3) is 6.08 Å². The van der Waals surface area contributed by atoms with E-state index in [1.54, 1.807) is 18.0 Å². The molecule has 4 nitrogen and oxygen atoms in total. The Bertz CT molecular complexity index is 685. The molecule has 1 amide bonds. The summed E-state index contributed by atoms with van der Waals surface area (Å²) in [5.41, 5.74) is 1.19. The van der Waals surface area contributed by atoms with Crippen molar-refractivity contribution >= 4 is 23.7 Å². The highest BCUT2D eigenvalue weighted by Gasteiger charge is 2.19. The van der Waals surface area contributed by atoms with Crippen LogP contribution in [-0.4, -0.2) is 47.6 Å². The van der Waals surface area contributed by atoms with E-state index in [2.05, 4.69) is 28.5 Å². The smallest absolute Gasteiger partial charge is 0.223 e. The number of carbonyl (C=O) groups is 1. The van der Waals surface area contributed by atoms with E-state index in [1.165, 1.54) is 5.56 Å². The van der Waals surface area contributed by atoms with Crippen LogP contribution >= 0.6 is 11.8 Å². The van der Waals surface area contributed by atoms with Gasteiger partial charge in [0.25, 0.3) is 0 Å². The van der Waals surface area contributed by atoms with Crippen molar-refractivity contribution in [2.75, 3.05) is 31.9 Å². The molecule has 5 heteroatoms. The lowest BCUT2D eigenvalue weighted by molar-refractivity contribution is -0.130. The van der Waals surface area contributed by atoms with Gasteiger partial charge in [0.1, 0.15) is 5.76 Å². The Labute approximate surface area is 159 Å². The molecule has 0 aliphatic carbocycles. The Hall–Kier alpha value is -1.98. The van der Waals surface area contributed by atoms with Crippen LogP contribution in [0.3, 0.4) is 0 Å². The molecule has 1 aliphatic rings. The van der Waals surface area contributed by atoms with Gasteiger partial charge in [-0.2, -0.15) is 0 Å². The number of rotatable bonds is 7. The molecule has 1 aliphatic heterocycles. The van der Waals surface area contributed by atoms with Crippen LogP contribution in [0.4, 0.5) is 0 Å². The summed E-state index contributed by atoms with van der Waals surface area (Å²) < 4.78 is 5.43. The predicted octanol–water partition coefficient (Wildman–Crippen LogP) is 4.11. The highest BCUT2D eigenvalue weighted by atomic mass is 32.2. The first-order valence-electron chi connectivity index (χ1n) is 9.17. The number of amides is 1. The van der Waals surface area contributed by atoms with Gasteiger partial charge >= 0.3 is 0 Å². The fraction of sp³-hybridized carbons (Fsp3) is 0.381. The third-order valence-electron chi connectivity index (χ3n) is 4.49. The lowest BCUT2D eigenvalue weighted by atomic mass is 10.2. The van der Waals surface area contributed by atoms with Crippen LogP contribution in [0.5, 0.6) is 0 Å². The van der Waals surface area contributed by atoms with Crippen LogP contribution < -0.4 is 0 Å². The summed E-state index contributed by atoms with van der Waals surface area (Å²) >= 11 is 1.70. The van der Waals surface area contributed by atoms with Crippen LogP contribution in [-0.2, 0) is 11.3 Å². The maximum absolute atomic E-state index is 12.5. The van der Waals surface area contributed by atoms with E-state index >= 15 is 0 Å². The maximum Gasteiger partial charge on any atom is 0.223 e. The highest BCUT2D eigenvalue weighted by molar-refractivity contribution is 8.02. The largest absolute Gasteiger partial charge is 0.468 e. The van der Waals surface area contributed by atoms with E-state index in [0.29, 0.717) is 6.42 Å². The molecule has 138 valence electrons. The van der Waals surface area contributed by atoms with E-state index < -0.39 is 0 Å². The lowest BCUT2D eigenvalue weighted by Gasteiger charge is -2.21. The van der Waals surface area contributed by atoms with Gasteiger partial charge in [0, 0.05) is 38.4 Å². The fourth-order valence-corrected chi connectivity index (χ4v) is 3.75. The number of furan rings is 1. The molecule has 0 atom stereocenters. The van der Waals surface area contributed by atoms with Crippen LogP contribution in [0.2, 0.25) is 0 Å². The third-order valence-corrected chi connectivity index (χ3v) is 5.26. The van der Waals surface area contributed by atoms with E-state index in [1.807, 2.05) is 35.2 Å². The van der Waals surface area contributed by atoms with Crippen molar-refractivity contribution in [3.63, 3.8) is 0 Å². The molecule has 26 heavy (non-hydrogen) atoms. The molecule has 1 saturated heterocycles. The second-order valence-corrected chi connectivity index (χ2v) is 7.44. The van der Waals surface area contributed by atoms with E-state index in [9.17, 15) is 4.79 Å². The molecular formula is C21H26N2O2S.